The topological polar surface area (TPSA) is 59.9 Å². The number of aromatic nitrogens is 2. The standard InChI is InChI=1S/C18H21ClN2O2S/c1-12(2)24(22,23)11-14-6-3-5-13(9-14)10-17-15-7-4-8-16(15)20-18(19)21-17/h3,5-6,9,12H,4,7-8,10-11H2,1-2H3. The van der Waals surface area contributed by atoms with E-state index in [0.29, 0.717) is 11.7 Å². The van der Waals surface area contributed by atoms with Crippen LogP contribution in [0.25, 0.3) is 0 Å². The fourth-order valence-electron chi connectivity index (χ4n) is 3.05. The summed E-state index contributed by atoms with van der Waals surface area (Å²) in [6.07, 6.45) is 3.69. The zero-order chi connectivity index (χ0) is 17.3. The number of halogens is 1. The maximum absolute atomic E-state index is 12.1. The molecule has 0 aliphatic heterocycles. The minimum absolute atomic E-state index is 0.0706. The zero-order valence-corrected chi connectivity index (χ0v) is 15.5. The van der Waals surface area contributed by atoms with E-state index in [9.17, 15) is 8.42 Å². The molecule has 1 aliphatic rings. The molecule has 0 N–H and O–H groups in total. The molecule has 0 bridgehead atoms. The first-order valence-electron chi connectivity index (χ1n) is 8.18. The monoisotopic (exact) mass is 364 g/mol. The van der Waals surface area contributed by atoms with Gasteiger partial charge in [0.2, 0.25) is 5.28 Å². The first kappa shape index (κ1) is 17.4. The number of sulfone groups is 1. The van der Waals surface area contributed by atoms with Gasteiger partial charge in [0, 0.05) is 12.1 Å². The fraction of sp³-hybridized carbons (Fsp3) is 0.444. The Morgan fingerprint density at radius 3 is 2.67 bits per heavy atom. The van der Waals surface area contributed by atoms with E-state index in [-0.39, 0.29) is 11.0 Å². The molecule has 4 nitrogen and oxygen atoms in total. The number of hydrogen-bond acceptors (Lipinski definition) is 4. The highest BCUT2D eigenvalue weighted by molar-refractivity contribution is 7.91. The lowest BCUT2D eigenvalue weighted by molar-refractivity contribution is 0.586. The van der Waals surface area contributed by atoms with Gasteiger partial charge < -0.3 is 0 Å². The predicted octanol–water partition coefficient (Wildman–Crippen LogP) is 3.53. The third-order valence-electron chi connectivity index (χ3n) is 4.44. The largest absolute Gasteiger partial charge is 0.228 e. The van der Waals surface area contributed by atoms with Gasteiger partial charge >= 0.3 is 0 Å². The van der Waals surface area contributed by atoms with Crippen LogP contribution in [-0.2, 0) is 34.9 Å². The summed E-state index contributed by atoms with van der Waals surface area (Å²) >= 11 is 6.05. The van der Waals surface area contributed by atoms with Gasteiger partial charge in [-0.1, -0.05) is 24.3 Å². The predicted molar refractivity (Wildman–Crippen MR) is 96.1 cm³/mol. The molecular weight excluding hydrogens is 344 g/mol. The van der Waals surface area contributed by atoms with E-state index in [1.165, 1.54) is 5.56 Å². The maximum Gasteiger partial charge on any atom is 0.222 e. The molecule has 0 radical (unpaired) electrons. The summed E-state index contributed by atoms with van der Waals surface area (Å²) in [6.45, 7) is 3.43. The van der Waals surface area contributed by atoms with Crippen LogP contribution in [-0.4, -0.2) is 23.6 Å². The average molecular weight is 365 g/mol. The van der Waals surface area contributed by atoms with Crippen molar-refractivity contribution in [2.45, 2.75) is 50.5 Å². The number of hydrogen-bond donors (Lipinski definition) is 0. The molecule has 0 saturated heterocycles. The maximum atomic E-state index is 12.1. The lowest BCUT2D eigenvalue weighted by Gasteiger charge is -2.11. The minimum Gasteiger partial charge on any atom is -0.228 e. The van der Waals surface area contributed by atoms with Crippen LogP contribution in [0.3, 0.4) is 0 Å². The third-order valence-corrected chi connectivity index (χ3v) is 6.78. The van der Waals surface area contributed by atoms with Gasteiger partial charge in [-0.2, -0.15) is 0 Å². The van der Waals surface area contributed by atoms with Crippen LogP contribution in [0.2, 0.25) is 5.28 Å². The van der Waals surface area contributed by atoms with Crippen molar-refractivity contribution in [3.05, 3.63) is 57.6 Å². The summed E-state index contributed by atoms with van der Waals surface area (Å²) in [5, 5.41) is -0.0747. The lowest BCUT2D eigenvalue weighted by atomic mass is 10.0. The smallest absolute Gasteiger partial charge is 0.222 e. The van der Waals surface area contributed by atoms with Crippen molar-refractivity contribution in [2.75, 3.05) is 0 Å². The summed E-state index contributed by atoms with van der Waals surface area (Å²) in [6, 6.07) is 7.73. The Morgan fingerprint density at radius 2 is 1.92 bits per heavy atom. The van der Waals surface area contributed by atoms with Crippen LogP contribution < -0.4 is 0 Å². The number of nitrogens with zero attached hydrogens (tertiary/aromatic N) is 2. The molecule has 1 aliphatic carbocycles. The van der Waals surface area contributed by atoms with Crippen molar-refractivity contribution in [2.24, 2.45) is 0 Å². The molecule has 24 heavy (non-hydrogen) atoms. The van der Waals surface area contributed by atoms with Crippen LogP contribution in [0, 0.1) is 0 Å². The molecule has 128 valence electrons. The minimum atomic E-state index is -3.10. The van der Waals surface area contributed by atoms with E-state index in [1.54, 1.807) is 13.8 Å². The van der Waals surface area contributed by atoms with Gasteiger partial charge in [-0.05, 0) is 61.4 Å². The summed E-state index contributed by atoms with van der Waals surface area (Å²) < 4.78 is 24.3. The quantitative estimate of drug-likeness (QED) is 0.761. The highest BCUT2D eigenvalue weighted by Crippen LogP contribution is 2.26. The Balaban J connectivity index is 1.86. The van der Waals surface area contributed by atoms with Gasteiger partial charge in [-0.15, -0.1) is 0 Å². The SMILES string of the molecule is CC(C)S(=O)(=O)Cc1cccc(Cc2nc(Cl)nc3c2CCC3)c1. The zero-order valence-electron chi connectivity index (χ0n) is 13.9. The highest BCUT2D eigenvalue weighted by Gasteiger charge is 2.20. The summed E-state index contributed by atoms with van der Waals surface area (Å²) in [7, 11) is -3.10. The van der Waals surface area contributed by atoms with Gasteiger partial charge in [0.25, 0.3) is 0 Å². The van der Waals surface area contributed by atoms with E-state index in [1.807, 2.05) is 24.3 Å². The Bertz CT molecular complexity index is 863. The molecule has 0 fully saturated rings. The molecule has 1 heterocycles. The second kappa shape index (κ2) is 6.81. The van der Waals surface area contributed by atoms with Crippen molar-refractivity contribution in [3.8, 4) is 0 Å². The number of benzene rings is 1. The van der Waals surface area contributed by atoms with Gasteiger partial charge in [-0.25, -0.2) is 18.4 Å². The Labute approximate surface area is 148 Å². The van der Waals surface area contributed by atoms with Crippen LogP contribution >= 0.6 is 11.6 Å². The molecule has 0 amide bonds. The fourth-order valence-corrected chi connectivity index (χ4v) is 4.23. The van der Waals surface area contributed by atoms with Crippen molar-refractivity contribution in [1.29, 1.82) is 0 Å². The van der Waals surface area contributed by atoms with Crippen LogP contribution in [0.5, 0.6) is 0 Å². The first-order valence-corrected chi connectivity index (χ1v) is 10.3. The molecule has 1 aromatic heterocycles. The van der Waals surface area contributed by atoms with E-state index < -0.39 is 9.84 Å². The van der Waals surface area contributed by atoms with E-state index in [4.69, 9.17) is 11.6 Å². The van der Waals surface area contributed by atoms with Crippen molar-refractivity contribution in [1.82, 2.24) is 9.97 Å². The summed E-state index contributed by atoms with van der Waals surface area (Å²) in [4.78, 5) is 8.73. The molecule has 0 spiro atoms. The van der Waals surface area contributed by atoms with Crippen molar-refractivity contribution < 1.29 is 8.42 Å². The molecule has 0 unspecified atom stereocenters. The van der Waals surface area contributed by atoms with E-state index in [2.05, 4.69) is 9.97 Å². The summed E-state index contributed by atoms with van der Waals surface area (Å²) in [5.41, 5.74) is 5.10. The molecule has 2 aromatic rings. The Hall–Kier alpha value is -1.46. The van der Waals surface area contributed by atoms with Gasteiger partial charge in [0.05, 0.1) is 16.7 Å². The molecule has 0 saturated carbocycles. The molecule has 1 aromatic carbocycles. The van der Waals surface area contributed by atoms with Gasteiger partial charge in [-0.3, -0.25) is 0 Å². The van der Waals surface area contributed by atoms with Crippen LogP contribution in [0.1, 0.15) is 48.3 Å². The second-order valence-corrected chi connectivity index (χ2v) is 9.47. The van der Waals surface area contributed by atoms with E-state index >= 15 is 0 Å². The molecule has 6 heteroatoms. The van der Waals surface area contributed by atoms with Gasteiger partial charge in [0.15, 0.2) is 9.84 Å². The molecular formula is C18H21ClN2O2S. The molecule has 3 rings (SSSR count). The Morgan fingerprint density at radius 1 is 1.17 bits per heavy atom. The van der Waals surface area contributed by atoms with Crippen molar-refractivity contribution >= 4 is 21.4 Å². The van der Waals surface area contributed by atoms with E-state index in [0.717, 1.165) is 41.8 Å². The Kier molecular flexibility index (Phi) is 4.92. The van der Waals surface area contributed by atoms with Gasteiger partial charge in [0.1, 0.15) is 0 Å². The normalized spacial score (nSPS) is 14.2. The average Bonchev–Trinajstić information content (AvgIpc) is 2.95. The molecule has 0 atom stereocenters. The number of fused-ring (bicyclic) bond motifs is 1. The van der Waals surface area contributed by atoms with Crippen LogP contribution in [0.15, 0.2) is 24.3 Å². The van der Waals surface area contributed by atoms with Crippen LogP contribution in [0.4, 0.5) is 0 Å². The first-order chi connectivity index (χ1) is 11.3. The number of rotatable bonds is 5. The second-order valence-electron chi connectivity index (χ2n) is 6.57. The summed E-state index contributed by atoms with van der Waals surface area (Å²) in [5.74, 6) is 0.0706. The van der Waals surface area contributed by atoms with Crippen molar-refractivity contribution in [3.63, 3.8) is 0 Å². The number of aryl methyl sites for hydroxylation is 1. The lowest BCUT2D eigenvalue weighted by Crippen LogP contribution is -2.16. The highest BCUT2D eigenvalue weighted by atomic mass is 35.5. The third kappa shape index (κ3) is 3.78.